The van der Waals surface area contributed by atoms with Gasteiger partial charge in [0.05, 0.1) is 5.54 Å². The Balaban J connectivity index is 2.64. The Labute approximate surface area is 85.9 Å². The summed E-state index contributed by atoms with van der Waals surface area (Å²) in [7, 11) is 0. The minimum atomic E-state index is -0.0694. The van der Waals surface area contributed by atoms with E-state index in [1.54, 1.807) is 0 Å². The Kier molecular flexibility index (Phi) is 3.89. The van der Waals surface area contributed by atoms with Gasteiger partial charge in [-0.05, 0) is 33.6 Å². The van der Waals surface area contributed by atoms with E-state index in [1.807, 2.05) is 0 Å². The molecule has 0 atom stereocenters. The Hall–Kier alpha value is -0.610. The van der Waals surface area contributed by atoms with Crippen LogP contribution in [0.2, 0.25) is 0 Å². The number of nitrogens with one attached hydrogen (secondary N) is 1. The molecule has 0 aromatic heterocycles. The fourth-order valence-electron chi connectivity index (χ4n) is 1.57. The quantitative estimate of drug-likeness (QED) is 0.287. The van der Waals surface area contributed by atoms with E-state index in [-0.39, 0.29) is 5.54 Å². The summed E-state index contributed by atoms with van der Waals surface area (Å²) in [5.41, 5.74) is 2.65. The molecule has 4 nitrogen and oxygen atoms in total. The number of nitrogens with zero attached hydrogens (tertiary/aromatic N) is 1. The van der Waals surface area contributed by atoms with Crippen LogP contribution in [0.5, 0.6) is 0 Å². The molecule has 0 spiro atoms. The molecule has 1 rings (SSSR count). The van der Waals surface area contributed by atoms with Crippen molar-refractivity contribution < 1.29 is 4.74 Å². The molecule has 1 saturated heterocycles. The van der Waals surface area contributed by atoms with E-state index in [0.29, 0.717) is 5.92 Å². The predicted octanol–water partition coefficient (Wildman–Crippen LogP) is 1.07. The van der Waals surface area contributed by atoms with Crippen LogP contribution in [0.4, 0.5) is 0 Å². The molecule has 0 unspecified atom stereocenters. The fraction of sp³-hybridized carbons (Fsp3) is 0.900. The number of amidine groups is 1. The monoisotopic (exact) mass is 199 g/mol. The molecular formula is C10H21N3O. The summed E-state index contributed by atoms with van der Waals surface area (Å²) in [5, 5.41) is 0. The Morgan fingerprint density at radius 3 is 2.36 bits per heavy atom. The van der Waals surface area contributed by atoms with Gasteiger partial charge in [0, 0.05) is 19.1 Å². The van der Waals surface area contributed by atoms with E-state index >= 15 is 0 Å². The lowest BCUT2D eigenvalue weighted by atomic mass is 9.98. The number of hydrazine groups is 1. The van der Waals surface area contributed by atoms with Gasteiger partial charge in [0.15, 0.2) is 0 Å². The van der Waals surface area contributed by atoms with E-state index < -0.39 is 0 Å². The van der Waals surface area contributed by atoms with Gasteiger partial charge in [-0.2, -0.15) is 0 Å². The molecule has 1 fully saturated rings. The highest BCUT2D eigenvalue weighted by Crippen LogP contribution is 2.18. The van der Waals surface area contributed by atoms with Crippen molar-refractivity contribution in [1.29, 1.82) is 0 Å². The van der Waals surface area contributed by atoms with Gasteiger partial charge in [-0.25, -0.2) is 5.84 Å². The molecular weight excluding hydrogens is 178 g/mol. The predicted molar refractivity (Wildman–Crippen MR) is 58.1 cm³/mol. The largest absolute Gasteiger partial charge is 0.381 e. The zero-order valence-corrected chi connectivity index (χ0v) is 9.34. The van der Waals surface area contributed by atoms with Gasteiger partial charge in [0.1, 0.15) is 5.84 Å². The van der Waals surface area contributed by atoms with Crippen molar-refractivity contribution in [3.8, 4) is 0 Å². The van der Waals surface area contributed by atoms with Crippen LogP contribution in [0.15, 0.2) is 4.99 Å². The third kappa shape index (κ3) is 3.64. The Morgan fingerprint density at radius 1 is 1.36 bits per heavy atom. The Morgan fingerprint density at radius 2 is 1.93 bits per heavy atom. The van der Waals surface area contributed by atoms with Crippen LogP contribution in [-0.4, -0.2) is 24.6 Å². The minimum absolute atomic E-state index is 0.0694. The summed E-state index contributed by atoms with van der Waals surface area (Å²) in [6, 6.07) is 0. The third-order valence-electron chi connectivity index (χ3n) is 2.21. The van der Waals surface area contributed by atoms with Crippen LogP contribution in [-0.2, 0) is 4.74 Å². The maximum atomic E-state index is 5.49. The lowest BCUT2D eigenvalue weighted by molar-refractivity contribution is 0.0818. The SMILES string of the molecule is CC(C)(C)N=C(NN)C1CCOCC1. The van der Waals surface area contributed by atoms with Crippen molar-refractivity contribution in [2.45, 2.75) is 39.2 Å². The van der Waals surface area contributed by atoms with E-state index in [4.69, 9.17) is 10.6 Å². The molecule has 0 aromatic rings. The lowest BCUT2D eigenvalue weighted by Crippen LogP contribution is -2.40. The standard InChI is InChI=1S/C10H21N3O/c1-10(2,3)12-9(13-11)8-4-6-14-7-5-8/h8H,4-7,11H2,1-3H3,(H,12,13). The summed E-state index contributed by atoms with van der Waals surface area (Å²) in [4.78, 5) is 4.58. The number of hydrogen-bond donors (Lipinski definition) is 2. The normalized spacial score (nSPS) is 21.0. The molecule has 3 N–H and O–H groups in total. The highest BCUT2D eigenvalue weighted by atomic mass is 16.5. The van der Waals surface area contributed by atoms with Gasteiger partial charge in [0.2, 0.25) is 0 Å². The van der Waals surface area contributed by atoms with Crippen LogP contribution in [0.3, 0.4) is 0 Å². The topological polar surface area (TPSA) is 59.6 Å². The van der Waals surface area contributed by atoms with Gasteiger partial charge in [-0.15, -0.1) is 0 Å². The summed E-state index contributed by atoms with van der Waals surface area (Å²) in [5.74, 6) is 6.84. The molecule has 0 saturated carbocycles. The first-order valence-electron chi connectivity index (χ1n) is 5.17. The molecule has 0 aromatic carbocycles. The van der Waals surface area contributed by atoms with Crippen LogP contribution in [0.1, 0.15) is 33.6 Å². The summed E-state index contributed by atoms with van der Waals surface area (Å²) >= 11 is 0. The van der Waals surface area contributed by atoms with Crippen molar-refractivity contribution in [2.24, 2.45) is 16.8 Å². The van der Waals surface area contributed by atoms with Crippen LogP contribution >= 0.6 is 0 Å². The van der Waals surface area contributed by atoms with Gasteiger partial charge >= 0.3 is 0 Å². The zero-order valence-electron chi connectivity index (χ0n) is 9.34. The molecule has 1 heterocycles. The first-order chi connectivity index (χ1) is 6.53. The molecule has 14 heavy (non-hydrogen) atoms. The fourth-order valence-corrected chi connectivity index (χ4v) is 1.57. The van der Waals surface area contributed by atoms with Crippen molar-refractivity contribution in [2.75, 3.05) is 13.2 Å². The molecule has 1 aliphatic rings. The summed E-state index contributed by atoms with van der Waals surface area (Å²) < 4.78 is 5.30. The first kappa shape index (κ1) is 11.5. The highest BCUT2D eigenvalue weighted by Gasteiger charge is 2.21. The molecule has 0 aliphatic carbocycles. The molecule has 4 heteroatoms. The van der Waals surface area contributed by atoms with Crippen molar-refractivity contribution in [3.63, 3.8) is 0 Å². The van der Waals surface area contributed by atoms with E-state index in [1.165, 1.54) is 0 Å². The summed E-state index contributed by atoms with van der Waals surface area (Å²) in [6.45, 7) is 7.85. The first-order valence-corrected chi connectivity index (χ1v) is 5.17. The molecule has 0 radical (unpaired) electrons. The number of nitrogens with two attached hydrogens (primary N) is 1. The van der Waals surface area contributed by atoms with Crippen molar-refractivity contribution in [3.05, 3.63) is 0 Å². The Bertz CT molecular complexity index is 202. The lowest BCUT2D eigenvalue weighted by Gasteiger charge is -2.25. The number of hydrogen-bond acceptors (Lipinski definition) is 3. The van der Waals surface area contributed by atoms with Gasteiger partial charge in [-0.1, -0.05) is 0 Å². The maximum absolute atomic E-state index is 5.49. The van der Waals surface area contributed by atoms with Crippen LogP contribution in [0, 0.1) is 5.92 Å². The second-order valence-electron chi connectivity index (χ2n) is 4.70. The zero-order chi connectivity index (χ0) is 10.6. The highest BCUT2D eigenvalue weighted by molar-refractivity contribution is 5.84. The smallest absolute Gasteiger partial charge is 0.114 e. The molecule has 82 valence electrons. The average molecular weight is 199 g/mol. The van der Waals surface area contributed by atoms with E-state index in [9.17, 15) is 0 Å². The van der Waals surface area contributed by atoms with Crippen molar-refractivity contribution in [1.82, 2.24) is 5.43 Å². The van der Waals surface area contributed by atoms with Gasteiger partial charge in [-0.3, -0.25) is 4.99 Å². The second-order valence-corrected chi connectivity index (χ2v) is 4.70. The van der Waals surface area contributed by atoms with E-state index in [2.05, 4.69) is 31.2 Å². The average Bonchev–Trinajstić information content (AvgIpc) is 2.14. The molecule has 0 amide bonds. The molecule has 0 bridgehead atoms. The van der Waals surface area contributed by atoms with Crippen LogP contribution < -0.4 is 11.3 Å². The van der Waals surface area contributed by atoms with Crippen molar-refractivity contribution >= 4 is 5.84 Å². The van der Waals surface area contributed by atoms with Gasteiger partial charge < -0.3 is 10.2 Å². The summed E-state index contributed by atoms with van der Waals surface area (Å²) in [6.07, 6.45) is 2.03. The number of aliphatic imine (C=N–C) groups is 1. The van der Waals surface area contributed by atoms with Crippen LogP contribution in [0.25, 0.3) is 0 Å². The third-order valence-corrected chi connectivity index (χ3v) is 2.21. The number of rotatable bonds is 1. The second kappa shape index (κ2) is 4.75. The van der Waals surface area contributed by atoms with E-state index in [0.717, 1.165) is 31.9 Å². The number of ether oxygens (including phenoxy) is 1. The minimum Gasteiger partial charge on any atom is -0.381 e. The molecule has 1 aliphatic heterocycles. The maximum Gasteiger partial charge on any atom is 0.114 e. The van der Waals surface area contributed by atoms with Gasteiger partial charge in [0.25, 0.3) is 0 Å².